The van der Waals surface area contributed by atoms with E-state index >= 15 is 0 Å². The van der Waals surface area contributed by atoms with Gasteiger partial charge in [-0.1, -0.05) is 22.9 Å². The number of furan rings is 1. The number of hydrogen-bond donors (Lipinski definition) is 0. The van der Waals surface area contributed by atoms with Gasteiger partial charge in [0.1, 0.15) is 16.5 Å². The van der Waals surface area contributed by atoms with E-state index in [0.717, 1.165) is 16.3 Å². The number of ether oxygens (including phenoxy) is 1. The minimum atomic E-state index is 0.582. The number of rotatable bonds is 4. The Labute approximate surface area is 146 Å². The summed E-state index contributed by atoms with van der Waals surface area (Å²) in [7, 11) is 1.60. The Hall–Kier alpha value is -2.64. The lowest BCUT2D eigenvalue weighted by atomic mass is 10.2. The second kappa shape index (κ2) is 6.10. The number of aromatic nitrogens is 4. The Bertz CT molecular complexity index is 1020. The Morgan fingerprint density at radius 3 is 2.96 bits per heavy atom. The van der Waals surface area contributed by atoms with Crippen LogP contribution in [0.4, 0.5) is 0 Å². The second-order valence-corrected chi connectivity index (χ2v) is 6.28. The minimum Gasteiger partial charge on any atom is -0.496 e. The molecule has 0 spiro atoms. The first-order valence-corrected chi connectivity index (χ1v) is 8.22. The van der Waals surface area contributed by atoms with E-state index in [1.165, 1.54) is 11.3 Å². The van der Waals surface area contributed by atoms with Gasteiger partial charge < -0.3 is 9.15 Å². The minimum absolute atomic E-state index is 0.582. The van der Waals surface area contributed by atoms with Crippen LogP contribution in [0.5, 0.6) is 5.75 Å². The van der Waals surface area contributed by atoms with E-state index in [1.807, 2.05) is 24.3 Å². The lowest BCUT2D eigenvalue weighted by molar-refractivity contribution is 0.416. The van der Waals surface area contributed by atoms with Crippen molar-refractivity contribution in [2.75, 3.05) is 7.11 Å². The maximum absolute atomic E-state index is 6.10. The van der Waals surface area contributed by atoms with Crippen molar-refractivity contribution in [3.8, 4) is 17.1 Å². The molecule has 3 aromatic heterocycles. The quantitative estimate of drug-likeness (QED) is 0.544. The Kier molecular flexibility index (Phi) is 3.79. The van der Waals surface area contributed by atoms with E-state index in [0.29, 0.717) is 21.6 Å². The molecule has 0 atom stereocenters. The average molecular weight is 359 g/mol. The molecule has 0 radical (unpaired) electrons. The maximum Gasteiger partial charge on any atom is 0.235 e. The predicted octanol–water partition coefficient (Wildman–Crippen LogP) is 4.28. The van der Waals surface area contributed by atoms with Gasteiger partial charge in [0, 0.05) is 5.02 Å². The monoisotopic (exact) mass is 358 g/mol. The topological polar surface area (TPSA) is 65.5 Å². The molecule has 4 rings (SSSR count). The van der Waals surface area contributed by atoms with Crippen LogP contribution < -0.4 is 4.74 Å². The van der Waals surface area contributed by atoms with Crippen molar-refractivity contribution in [2.45, 2.75) is 0 Å². The van der Waals surface area contributed by atoms with Crippen LogP contribution in [-0.2, 0) is 0 Å². The number of nitrogens with zero attached hydrogens (tertiary/aromatic N) is 4. The first kappa shape index (κ1) is 14.9. The van der Waals surface area contributed by atoms with Crippen LogP contribution in [0.15, 0.2) is 41.0 Å². The predicted molar refractivity (Wildman–Crippen MR) is 93.3 cm³/mol. The Morgan fingerprint density at radius 1 is 1.25 bits per heavy atom. The summed E-state index contributed by atoms with van der Waals surface area (Å²) in [5.41, 5.74) is 0.740. The number of fused-ring (bicyclic) bond motifs is 1. The van der Waals surface area contributed by atoms with Crippen molar-refractivity contribution in [3.05, 3.63) is 52.4 Å². The lowest BCUT2D eigenvalue weighted by Gasteiger charge is -2.06. The van der Waals surface area contributed by atoms with Crippen LogP contribution in [0.1, 0.15) is 10.8 Å². The van der Waals surface area contributed by atoms with Gasteiger partial charge in [0.2, 0.25) is 4.96 Å². The average Bonchev–Trinajstić information content (AvgIpc) is 3.29. The Balaban J connectivity index is 1.77. The molecule has 6 nitrogen and oxygen atoms in total. The van der Waals surface area contributed by atoms with Gasteiger partial charge in [-0.15, -0.1) is 10.2 Å². The molecule has 0 aliphatic heterocycles. The summed E-state index contributed by atoms with van der Waals surface area (Å²) in [4.78, 5) is 0.686. The van der Waals surface area contributed by atoms with Crippen LogP contribution in [-0.4, -0.2) is 26.9 Å². The van der Waals surface area contributed by atoms with Crippen LogP contribution in [0.25, 0.3) is 28.5 Å². The van der Waals surface area contributed by atoms with Crippen LogP contribution >= 0.6 is 22.9 Å². The SMILES string of the molecule is COc1ccc(Cl)cc1-c1nnc2sc(C=Cc3ccco3)nn12. The van der Waals surface area contributed by atoms with E-state index in [1.54, 1.807) is 36.1 Å². The lowest BCUT2D eigenvalue weighted by Crippen LogP contribution is -1.94. The molecule has 0 amide bonds. The third-order valence-corrected chi connectivity index (χ3v) is 4.44. The molecule has 0 saturated carbocycles. The van der Waals surface area contributed by atoms with Gasteiger partial charge in [0.05, 0.1) is 18.9 Å². The smallest absolute Gasteiger partial charge is 0.235 e. The van der Waals surface area contributed by atoms with Crippen LogP contribution in [0.2, 0.25) is 5.02 Å². The first-order chi connectivity index (χ1) is 11.7. The molecule has 1 aromatic carbocycles. The molecule has 0 N–H and O–H groups in total. The fourth-order valence-electron chi connectivity index (χ4n) is 2.26. The molecule has 24 heavy (non-hydrogen) atoms. The molecular weight excluding hydrogens is 348 g/mol. The van der Waals surface area contributed by atoms with Gasteiger partial charge in [0.25, 0.3) is 0 Å². The van der Waals surface area contributed by atoms with Gasteiger partial charge in [-0.2, -0.15) is 9.61 Å². The highest BCUT2D eigenvalue weighted by molar-refractivity contribution is 7.17. The summed E-state index contributed by atoms with van der Waals surface area (Å²) < 4.78 is 12.3. The highest BCUT2D eigenvalue weighted by Gasteiger charge is 2.16. The Morgan fingerprint density at radius 2 is 2.17 bits per heavy atom. The van der Waals surface area contributed by atoms with Gasteiger partial charge in [-0.05, 0) is 42.5 Å². The van der Waals surface area contributed by atoms with Gasteiger partial charge >= 0.3 is 0 Å². The summed E-state index contributed by atoms with van der Waals surface area (Å²) in [6, 6.07) is 9.05. The highest BCUT2D eigenvalue weighted by Crippen LogP contribution is 2.32. The van der Waals surface area contributed by atoms with Crippen LogP contribution in [0.3, 0.4) is 0 Å². The summed E-state index contributed by atoms with van der Waals surface area (Å²) in [6.45, 7) is 0. The maximum atomic E-state index is 6.10. The zero-order valence-electron chi connectivity index (χ0n) is 12.5. The van der Waals surface area contributed by atoms with Crippen molar-refractivity contribution in [1.29, 1.82) is 0 Å². The van der Waals surface area contributed by atoms with Gasteiger partial charge in [-0.25, -0.2) is 0 Å². The summed E-state index contributed by atoms with van der Waals surface area (Å²) in [6.07, 6.45) is 5.35. The molecule has 8 heteroatoms. The molecule has 0 bridgehead atoms. The number of hydrogen-bond acceptors (Lipinski definition) is 6. The molecule has 4 aromatic rings. The third-order valence-electron chi connectivity index (χ3n) is 3.34. The van der Waals surface area contributed by atoms with Crippen molar-refractivity contribution in [3.63, 3.8) is 0 Å². The first-order valence-electron chi connectivity index (χ1n) is 7.02. The molecule has 0 aliphatic rings. The molecular formula is C16H11ClN4O2S. The van der Waals surface area contributed by atoms with Gasteiger partial charge in [-0.3, -0.25) is 0 Å². The molecule has 0 aliphatic carbocycles. The summed E-state index contributed by atoms with van der Waals surface area (Å²) in [5, 5.41) is 14.3. The van der Waals surface area contributed by atoms with Crippen molar-refractivity contribution in [2.24, 2.45) is 0 Å². The normalized spacial score (nSPS) is 11.6. The largest absolute Gasteiger partial charge is 0.496 e. The summed E-state index contributed by atoms with van der Waals surface area (Å²) >= 11 is 7.53. The molecule has 0 fully saturated rings. The number of benzene rings is 1. The van der Waals surface area contributed by atoms with Crippen molar-refractivity contribution >= 4 is 40.1 Å². The molecule has 0 saturated heterocycles. The number of halogens is 1. The van der Waals surface area contributed by atoms with Crippen LogP contribution in [0, 0.1) is 0 Å². The van der Waals surface area contributed by atoms with E-state index in [-0.39, 0.29) is 0 Å². The van der Waals surface area contributed by atoms with Crippen molar-refractivity contribution < 1.29 is 9.15 Å². The van der Waals surface area contributed by atoms with Gasteiger partial charge in [0.15, 0.2) is 5.82 Å². The van der Waals surface area contributed by atoms with Crippen molar-refractivity contribution in [1.82, 2.24) is 19.8 Å². The van der Waals surface area contributed by atoms with E-state index in [2.05, 4.69) is 15.3 Å². The zero-order valence-corrected chi connectivity index (χ0v) is 14.1. The molecule has 120 valence electrons. The molecule has 0 unspecified atom stereocenters. The van der Waals surface area contributed by atoms with E-state index in [4.69, 9.17) is 20.8 Å². The number of methoxy groups -OCH3 is 1. The fourth-order valence-corrected chi connectivity index (χ4v) is 3.17. The van der Waals surface area contributed by atoms with E-state index in [9.17, 15) is 0 Å². The zero-order chi connectivity index (χ0) is 16.5. The standard InChI is InChI=1S/C16H11ClN4O2S/c1-22-13-6-4-10(17)9-12(13)15-18-19-16-21(15)20-14(24-16)7-5-11-3-2-8-23-11/h2-9H,1H3. The third kappa shape index (κ3) is 2.68. The second-order valence-electron chi connectivity index (χ2n) is 4.85. The highest BCUT2D eigenvalue weighted by atomic mass is 35.5. The molecule has 3 heterocycles. The summed E-state index contributed by atoms with van der Waals surface area (Å²) in [5.74, 6) is 2.00. The fraction of sp³-hybridized carbons (Fsp3) is 0.0625. The van der Waals surface area contributed by atoms with E-state index < -0.39 is 0 Å².